The SMILES string of the molecule is CNCc1ccc(Cc2cc(C)c(C)cc2C)o1. The maximum absolute atomic E-state index is 5.79. The summed E-state index contributed by atoms with van der Waals surface area (Å²) in [7, 11) is 1.93. The molecule has 2 rings (SSSR count). The van der Waals surface area contributed by atoms with Crippen LogP contribution in [0, 0.1) is 20.8 Å². The van der Waals surface area contributed by atoms with Crippen LogP contribution < -0.4 is 5.32 Å². The molecule has 1 N–H and O–H groups in total. The Labute approximate surface area is 109 Å². The molecule has 18 heavy (non-hydrogen) atoms. The number of hydrogen-bond donors (Lipinski definition) is 1. The van der Waals surface area contributed by atoms with Gasteiger partial charge >= 0.3 is 0 Å². The third-order valence-corrected chi connectivity index (χ3v) is 3.39. The Hall–Kier alpha value is -1.54. The number of benzene rings is 1. The second-order valence-corrected chi connectivity index (χ2v) is 4.94. The van der Waals surface area contributed by atoms with Crippen molar-refractivity contribution in [3.05, 3.63) is 58.0 Å². The van der Waals surface area contributed by atoms with E-state index in [4.69, 9.17) is 4.42 Å². The molecule has 0 aliphatic rings. The van der Waals surface area contributed by atoms with E-state index in [0.717, 1.165) is 24.5 Å². The van der Waals surface area contributed by atoms with Gasteiger partial charge in [0.2, 0.25) is 0 Å². The Bertz CT molecular complexity index is 540. The monoisotopic (exact) mass is 243 g/mol. The molecule has 0 atom stereocenters. The number of aryl methyl sites for hydroxylation is 3. The van der Waals surface area contributed by atoms with Gasteiger partial charge in [0.1, 0.15) is 11.5 Å². The van der Waals surface area contributed by atoms with Gasteiger partial charge in [-0.25, -0.2) is 0 Å². The van der Waals surface area contributed by atoms with Crippen LogP contribution in [0.3, 0.4) is 0 Å². The molecular formula is C16H21NO. The van der Waals surface area contributed by atoms with E-state index in [0.29, 0.717) is 0 Å². The van der Waals surface area contributed by atoms with Crippen LogP contribution in [0.1, 0.15) is 33.8 Å². The highest BCUT2D eigenvalue weighted by Gasteiger charge is 2.06. The molecule has 0 spiro atoms. The molecule has 1 aromatic carbocycles. The minimum absolute atomic E-state index is 0.784. The molecule has 0 aliphatic heterocycles. The molecule has 0 amide bonds. The molecule has 1 heterocycles. The first-order valence-corrected chi connectivity index (χ1v) is 6.39. The minimum atomic E-state index is 0.784. The molecule has 0 aliphatic carbocycles. The fourth-order valence-corrected chi connectivity index (χ4v) is 2.19. The van der Waals surface area contributed by atoms with Gasteiger partial charge in [-0.1, -0.05) is 12.1 Å². The van der Waals surface area contributed by atoms with Gasteiger partial charge < -0.3 is 9.73 Å². The van der Waals surface area contributed by atoms with E-state index < -0.39 is 0 Å². The van der Waals surface area contributed by atoms with Crippen LogP contribution in [0.2, 0.25) is 0 Å². The zero-order valence-electron chi connectivity index (χ0n) is 11.6. The van der Waals surface area contributed by atoms with Crippen molar-refractivity contribution >= 4 is 0 Å². The van der Waals surface area contributed by atoms with Gasteiger partial charge in [0, 0.05) is 6.42 Å². The topological polar surface area (TPSA) is 25.2 Å². The second kappa shape index (κ2) is 5.40. The van der Waals surface area contributed by atoms with E-state index in [1.54, 1.807) is 0 Å². The standard InChI is InChI=1S/C16H21NO/c1-11-7-13(3)14(8-12(11)2)9-15-5-6-16(18-15)10-17-4/h5-8,17H,9-10H2,1-4H3. The van der Waals surface area contributed by atoms with Gasteiger partial charge in [0.15, 0.2) is 0 Å². The predicted octanol–water partition coefficient (Wildman–Crippen LogP) is 3.52. The summed E-state index contributed by atoms with van der Waals surface area (Å²) < 4.78 is 5.79. The fourth-order valence-electron chi connectivity index (χ4n) is 2.19. The summed E-state index contributed by atoms with van der Waals surface area (Å²) in [6, 6.07) is 8.64. The van der Waals surface area contributed by atoms with Crippen molar-refractivity contribution in [2.24, 2.45) is 0 Å². The summed E-state index contributed by atoms with van der Waals surface area (Å²) in [5, 5.41) is 3.10. The predicted molar refractivity (Wildman–Crippen MR) is 74.9 cm³/mol. The van der Waals surface area contributed by atoms with Crippen molar-refractivity contribution in [2.45, 2.75) is 33.7 Å². The molecule has 2 heteroatoms. The summed E-state index contributed by atoms with van der Waals surface area (Å²) >= 11 is 0. The highest BCUT2D eigenvalue weighted by atomic mass is 16.3. The van der Waals surface area contributed by atoms with E-state index in [1.165, 1.54) is 22.3 Å². The molecule has 0 saturated heterocycles. The fraction of sp³-hybridized carbons (Fsp3) is 0.375. The largest absolute Gasteiger partial charge is 0.464 e. The first-order chi connectivity index (χ1) is 8.60. The molecule has 96 valence electrons. The van der Waals surface area contributed by atoms with Crippen LogP contribution >= 0.6 is 0 Å². The van der Waals surface area contributed by atoms with Crippen molar-refractivity contribution in [1.82, 2.24) is 5.32 Å². The van der Waals surface area contributed by atoms with Crippen LogP contribution in [-0.4, -0.2) is 7.05 Å². The quantitative estimate of drug-likeness (QED) is 0.889. The highest BCUT2D eigenvalue weighted by Crippen LogP contribution is 2.20. The summed E-state index contributed by atoms with van der Waals surface area (Å²) in [6.45, 7) is 7.27. The molecule has 0 radical (unpaired) electrons. The average molecular weight is 243 g/mol. The van der Waals surface area contributed by atoms with Crippen LogP contribution in [0.25, 0.3) is 0 Å². The molecule has 0 fully saturated rings. The number of rotatable bonds is 4. The summed E-state index contributed by atoms with van der Waals surface area (Å²) in [6.07, 6.45) is 0.872. The molecule has 2 aromatic rings. The van der Waals surface area contributed by atoms with Crippen LogP contribution in [0.4, 0.5) is 0 Å². The minimum Gasteiger partial charge on any atom is -0.464 e. The molecule has 2 nitrogen and oxygen atoms in total. The Morgan fingerprint density at radius 1 is 0.944 bits per heavy atom. The normalized spacial score (nSPS) is 10.9. The van der Waals surface area contributed by atoms with Crippen LogP contribution in [-0.2, 0) is 13.0 Å². The van der Waals surface area contributed by atoms with Gasteiger partial charge in [0.25, 0.3) is 0 Å². The third-order valence-electron chi connectivity index (χ3n) is 3.39. The highest BCUT2D eigenvalue weighted by molar-refractivity contribution is 5.38. The van der Waals surface area contributed by atoms with Gasteiger partial charge in [-0.3, -0.25) is 0 Å². The van der Waals surface area contributed by atoms with Crippen LogP contribution in [0.15, 0.2) is 28.7 Å². The summed E-state index contributed by atoms with van der Waals surface area (Å²) in [4.78, 5) is 0. The van der Waals surface area contributed by atoms with Crippen molar-refractivity contribution < 1.29 is 4.42 Å². The lowest BCUT2D eigenvalue weighted by Gasteiger charge is -2.08. The first kappa shape index (κ1) is 12.9. The Morgan fingerprint density at radius 2 is 1.61 bits per heavy atom. The smallest absolute Gasteiger partial charge is 0.117 e. The Morgan fingerprint density at radius 3 is 2.33 bits per heavy atom. The maximum atomic E-state index is 5.79. The van der Waals surface area contributed by atoms with Crippen molar-refractivity contribution in [3.8, 4) is 0 Å². The van der Waals surface area contributed by atoms with E-state index in [-0.39, 0.29) is 0 Å². The van der Waals surface area contributed by atoms with Gasteiger partial charge in [0.05, 0.1) is 6.54 Å². The molecule has 0 saturated carbocycles. The lowest BCUT2D eigenvalue weighted by molar-refractivity contribution is 0.462. The zero-order chi connectivity index (χ0) is 13.1. The lowest BCUT2D eigenvalue weighted by Crippen LogP contribution is -2.03. The first-order valence-electron chi connectivity index (χ1n) is 6.39. The maximum Gasteiger partial charge on any atom is 0.117 e. The number of nitrogens with one attached hydrogen (secondary N) is 1. The van der Waals surface area contributed by atoms with Crippen molar-refractivity contribution in [1.29, 1.82) is 0 Å². The third kappa shape index (κ3) is 2.82. The van der Waals surface area contributed by atoms with Gasteiger partial charge in [-0.05, 0) is 62.2 Å². The Balaban J connectivity index is 2.20. The van der Waals surface area contributed by atoms with Gasteiger partial charge in [-0.15, -0.1) is 0 Å². The van der Waals surface area contributed by atoms with E-state index in [2.05, 4.69) is 44.3 Å². The van der Waals surface area contributed by atoms with Crippen LogP contribution in [0.5, 0.6) is 0 Å². The van der Waals surface area contributed by atoms with E-state index in [1.807, 2.05) is 13.1 Å². The number of furan rings is 1. The lowest BCUT2D eigenvalue weighted by atomic mass is 9.98. The van der Waals surface area contributed by atoms with E-state index >= 15 is 0 Å². The molecule has 0 unspecified atom stereocenters. The Kier molecular flexibility index (Phi) is 3.87. The zero-order valence-corrected chi connectivity index (χ0v) is 11.6. The average Bonchev–Trinajstić information content (AvgIpc) is 2.74. The molecule has 1 aromatic heterocycles. The summed E-state index contributed by atoms with van der Waals surface area (Å²) in [5.74, 6) is 2.03. The second-order valence-electron chi connectivity index (χ2n) is 4.94. The number of hydrogen-bond acceptors (Lipinski definition) is 2. The van der Waals surface area contributed by atoms with E-state index in [9.17, 15) is 0 Å². The summed E-state index contributed by atoms with van der Waals surface area (Å²) in [5.41, 5.74) is 5.39. The van der Waals surface area contributed by atoms with Gasteiger partial charge in [-0.2, -0.15) is 0 Å². The molecular weight excluding hydrogens is 222 g/mol. The van der Waals surface area contributed by atoms with Crippen molar-refractivity contribution in [2.75, 3.05) is 7.05 Å². The molecule has 0 bridgehead atoms. The van der Waals surface area contributed by atoms with Crippen molar-refractivity contribution in [3.63, 3.8) is 0 Å².